The van der Waals surface area contributed by atoms with Crippen LogP contribution in [0, 0.1) is 11.8 Å². The van der Waals surface area contributed by atoms with E-state index < -0.39 is 29.4 Å². The molecule has 7 heteroatoms. The topological polar surface area (TPSA) is 88.8 Å². The van der Waals surface area contributed by atoms with E-state index in [9.17, 15) is 14.4 Å². The molecule has 0 spiro atoms. The maximum atomic E-state index is 13.3. The maximum absolute atomic E-state index is 13.3. The van der Waals surface area contributed by atoms with Crippen LogP contribution < -0.4 is 5.32 Å². The van der Waals surface area contributed by atoms with Gasteiger partial charge in [-0.1, -0.05) is 30.3 Å². The molecule has 0 unspecified atom stereocenters. The van der Waals surface area contributed by atoms with E-state index in [4.69, 9.17) is 9.15 Å². The molecule has 0 saturated carbocycles. The number of rotatable bonds is 6. The molecule has 3 heterocycles. The minimum absolute atomic E-state index is 0.180. The summed E-state index contributed by atoms with van der Waals surface area (Å²) in [5.41, 5.74) is -0.474. The number of carbonyl (C=O) groups is 3. The Morgan fingerprint density at radius 3 is 2.52 bits per heavy atom. The fourth-order valence-electron chi connectivity index (χ4n) is 4.69. The van der Waals surface area contributed by atoms with E-state index in [1.165, 1.54) is 11.2 Å². The van der Waals surface area contributed by atoms with E-state index in [0.29, 0.717) is 5.76 Å². The summed E-state index contributed by atoms with van der Waals surface area (Å²) in [6.07, 6.45) is 1.76. The molecule has 1 N–H and O–H groups in total. The summed E-state index contributed by atoms with van der Waals surface area (Å²) in [5, 5.41) is 3.31. The van der Waals surface area contributed by atoms with E-state index in [-0.39, 0.29) is 31.4 Å². The van der Waals surface area contributed by atoms with Gasteiger partial charge in [0, 0.05) is 13.0 Å². The van der Waals surface area contributed by atoms with E-state index in [0.717, 1.165) is 5.56 Å². The van der Waals surface area contributed by atoms with Crippen LogP contribution in [0.5, 0.6) is 0 Å². The Morgan fingerprint density at radius 2 is 1.90 bits per heavy atom. The lowest BCUT2D eigenvalue weighted by atomic mass is 9.76. The van der Waals surface area contributed by atoms with Crippen molar-refractivity contribution in [3.8, 4) is 0 Å². The van der Waals surface area contributed by atoms with Gasteiger partial charge in [-0.25, -0.2) is 0 Å². The summed E-state index contributed by atoms with van der Waals surface area (Å²) in [6, 6.07) is 12.3. The second-order valence-corrected chi connectivity index (χ2v) is 7.42. The molecule has 2 fully saturated rings. The van der Waals surface area contributed by atoms with Crippen molar-refractivity contribution in [1.82, 2.24) is 10.2 Å². The lowest BCUT2D eigenvalue weighted by Crippen LogP contribution is -2.58. The molecule has 1 aromatic heterocycles. The summed E-state index contributed by atoms with van der Waals surface area (Å²) < 4.78 is 11.0. The predicted octanol–water partition coefficient (Wildman–Crippen LogP) is 2.09. The number of amides is 2. The molecule has 2 aliphatic rings. The van der Waals surface area contributed by atoms with Gasteiger partial charge in [-0.05, 0) is 31.5 Å². The van der Waals surface area contributed by atoms with Crippen molar-refractivity contribution in [3.05, 3.63) is 60.1 Å². The Bertz CT molecular complexity index is 911. The van der Waals surface area contributed by atoms with Crippen LogP contribution in [-0.4, -0.2) is 41.4 Å². The number of esters is 1. The van der Waals surface area contributed by atoms with Crippen LogP contribution in [0.15, 0.2) is 53.1 Å². The van der Waals surface area contributed by atoms with Gasteiger partial charge in [-0.15, -0.1) is 0 Å². The molecule has 4 rings (SSSR count). The third-order valence-corrected chi connectivity index (χ3v) is 5.88. The summed E-state index contributed by atoms with van der Waals surface area (Å²) in [7, 11) is 0. The number of fused-ring (bicyclic) bond motifs is 1. The van der Waals surface area contributed by atoms with Crippen molar-refractivity contribution in [2.75, 3.05) is 13.2 Å². The third kappa shape index (κ3) is 2.97. The second kappa shape index (κ2) is 7.48. The highest BCUT2D eigenvalue weighted by molar-refractivity contribution is 6.09. The molecular formula is C22H24N2O5. The first-order valence-corrected chi connectivity index (χ1v) is 9.91. The number of hydrogen-bond acceptors (Lipinski definition) is 6. The molecule has 1 aromatic carbocycles. The van der Waals surface area contributed by atoms with E-state index in [2.05, 4.69) is 5.32 Å². The zero-order chi connectivity index (χ0) is 20.6. The van der Waals surface area contributed by atoms with Crippen LogP contribution in [-0.2, 0) is 25.5 Å². The average molecular weight is 396 g/mol. The average Bonchev–Trinajstić information content (AvgIpc) is 3.41. The molecule has 2 aromatic rings. The normalized spacial score (nSPS) is 28.6. The van der Waals surface area contributed by atoms with E-state index in [1.807, 2.05) is 30.3 Å². The van der Waals surface area contributed by atoms with Crippen molar-refractivity contribution in [2.45, 2.75) is 31.8 Å². The molecule has 2 aliphatic heterocycles. The lowest BCUT2D eigenvalue weighted by molar-refractivity contribution is -0.156. The zero-order valence-electron chi connectivity index (χ0n) is 16.5. The van der Waals surface area contributed by atoms with Crippen LogP contribution in [0.3, 0.4) is 0 Å². The first-order chi connectivity index (χ1) is 14.0. The monoisotopic (exact) mass is 396 g/mol. The Labute approximate surface area is 169 Å². The number of hydrogen-bond donors (Lipinski definition) is 1. The highest BCUT2D eigenvalue weighted by Crippen LogP contribution is 2.50. The van der Waals surface area contributed by atoms with Gasteiger partial charge in [0.25, 0.3) is 0 Å². The number of likely N-dealkylation sites (tertiary alicyclic amines) is 1. The number of carbonyl (C=O) groups excluding carboxylic acids is 3. The number of nitrogens with one attached hydrogen (secondary N) is 1. The van der Waals surface area contributed by atoms with Gasteiger partial charge in [0.1, 0.15) is 11.3 Å². The SMILES string of the molecule is CCOC(=O)[C@]1(Cc2ccccc2)N[C@@H](c2ccco2)[C@H]2C(=O)N(CC)C(=O)[C@H]21. The largest absolute Gasteiger partial charge is 0.468 e. The summed E-state index contributed by atoms with van der Waals surface area (Å²) in [4.78, 5) is 40.9. The highest BCUT2D eigenvalue weighted by atomic mass is 16.5. The van der Waals surface area contributed by atoms with Gasteiger partial charge >= 0.3 is 5.97 Å². The molecule has 152 valence electrons. The number of imide groups is 1. The molecule has 29 heavy (non-hydrogen) atoms. The van der Waals surface area contributed by atoms with Crippen LogP contribution in [0.25, 0.3) is 0 Å². The summed E-state index contributed by atoms with van der Waals surface area (Å²) in [6.45, 7) is 3.93. The Hall–Kier alpha value is -2.93. The molecule has 0 aliphatic carbocycles. The second-order valence-electron chi connectivity index (χ2n) is 7.42. The van der Waals surface area contributed by atoms with Crippen molar-refractivity contribution in [3.63, 3.8) is 0 Å². The fraction of sp³-hybridized carbons (Fsp3) is 0.409. The van der Waals surface area contributed by atoms with Crippen LogP contribution in [0.1, 0.15) is 31.2 Å². The minimum atomic E-state index is -1.35. The van der Waals surface area contributed by atoms with E-state index in [1.54, 1.807) is 26.0 Å². The number of nitrogens with zero attached hydrogens (tertiary/aromatic N) is 1. The van der Waals surface area contributed by atoms with Gasteiger partial charge < -0.3 is 9.15 Å². The van der Waals surface area contributed by atoms with Crippen molar-refractivity contribution in [1.29, 1.82) is 0 Å². The Balaban J connectivity index is 1.85. The third-order valence-electron chi connectivity index (χ3n) is 5.88. The van der Waals surface area contributed by atoms with Crippen molar-refractivity contribution < 1.29 is 23.5 Å². The first-order valence-electron chi connectivity index (χ1n) is 9.91. The lowest BCUT2D eigenvalue weighted by Gasteiger charge is -2.32. The predicted molar refractivity (Wildman–Crippen MR) is 103 cm³/mol. The molecule has 2 amide bonds. The van der Waals surface area contributed by atoms with Crippen molar-refractivity contribution in [2.24, 2.45) is 11.8 Å². The Morgan fingerprint density at radius 1 is 1.14 bits per heavy atom. The molecule has 4 atom stereocenters. The summed E-state index contributed by atoms with van der Waals surface area (Å²) in [5.74, 6) is -2.19. The minimum Gasteiger partial charge on any atom is -0.468 e. The number of benzene rings is 1. The Kier molecular flexibility index (Phi) is 5.00. The number of ether oxygens (including phenoxy) is 1. The zero-order valence-corrected chi connectivity index (χ0v) is 16.5. The van der Waals surface area contributed by atoms with E-state index >= 15 is 0 Å². The van der Waals surface area contributed by atoms with Crippen LogP contribution in [0.2, 0.25) is 0 Å². The molecular weight excluding hydrogens is 372 g/mol. The smallest absolute Gasteiger partial charge is 0.327 e. The number of furan rings is 1. The molecule has 0 radical (unpaired) electrons. The van der Waals surface area contributed by atoms with Crippen molar-refractivity contribution >= 4 is 17.8 Å². The fourth-order valence-corrected chi connectivity index (χ4v) is 4.69. The van der Waals surface area contributed by atoms with Gasteiger partial charge in [0.2, 0.25) is 11.8 Å². The quantitative estimate of drug-likeness (QED) is 0.594. The molecule has 0 bridgehead atoms. The van der Waals surface area contributed by atoms with Crippen LogP contribution in [0.4, 0.5) is 0 Å². The first kappa shape index (κ1) is 19.4. The molecule has 2 saturated heterocycles. The summed E-state index contributed by atoms with van der Waals surface area (Å²) >= 11 is 0. The standard InChI is InChI=1S/C22H24N2O5/c1-3-24-19(25)16-17(20(24)26)22(21(27)28-4-2,13-14-9-6-5-7-10-14)23-18(16)15-11-8-12-29-15/h5-12,16-18,23H,3-4,13H2,1-2H3/t16-,17-,18-,22+/m0/s1. The van der Waals surface area contributed by atoms with Crippen LogP contribution >= 0.6 is 0 Å². The molecule has 7 nitrogen and oxygen atoms in total. The van der Waals surface area contributed by atoms with Gasteiger partial charge in [-0.2, -0.15) is 0 Å². The van der Waals surface area contributed by atoms with Gasteiger partial charge in [-0.3, -0.25) is 24.6 Å². The van der Waals surface area contributed by atoms with Gasteiger partial charge in [0.15, 0.2) is 0 Å². The van der Waals surface area contributed by atoms with Gasteiger partial charge in [0.05, 0.1) is 30.7 Å². The highest BCUT2D eigenvalue weighted by Gasteiger charge is 2.69. The maximum Gasteiger partial charge on any atom is 0.327 e.